The van der Waals surface area contributed by atoms with Crippen molar-refractivity contribution in [2.75, 3.05) is 28.4 Å². The molecular weight excluding hydrogens is 446 g/mol. The number of methoxy groups -OCH3 is 4. The zero-order valence-corrected chi connectivity index (χ0v) is 20.3. The Bertz CT molecular complexity index is 1400. The van der Waals surface area contributed by atoms with Gasteiger partial charge in [-0.3, -0.25) is 9.89 Å². The summed E-state index contributed by atoms with van der Waals surface area (Å²) in [6.07, 6.45) is 0. The maximum Gasteiger partial charge on any atom is 0.280 e. The molecule has 4 rings (SSSR count). The lowest BCUT2D eigenvalue weighted by molar-refractivity contribution is 0.395. The fourth-order valence-corrected chi connectivity index (χ4v) is 3.77. The zero-order valence-electron chi connectivity index (χ0n) is 20.3. The first-order valence-corrected chi connectivity index (χ1v) is 10.9. The molecule has 0 fully saturated rings. The third-order valence-corrected chi connectivity index (χ3v) is 5.64. The van der Waals surface area contributed by atoms with Crippen LogP contribution in [0.2, 0.25) is 0 Å². The summed E-state index contributed by atoms with van der Waals surface area (Å²) >= 11 is 0. The lowest BCUT2D eigenvalue weighted by Crippen LogP contribution is -2.19. The van der Waals surface area contributed by atoms with E-state index in [1.165, 1.54) is 4.68 Å². The predicted molar refractivity (Wildman–Crippen MR) is 136 cm³/mol. The topological polar surface area (TPSA) is 87.1 Å². The van der Waals surface area contributed by atoms with Crippen LogP contribution in [0, 0.1) is 0 Å². The molecule has 0 spiro atoms. The Labute approximate surface area is 203 Å². The van der Waals surface area contributed by atoms with E-state index in [4.69, 9.17) is 23.9 Å². The van der Waals surface area contributed by atoms with Crippen molar-refractivity contribution in [3.8, 4) is 39.9 Å². The van der Waals surface area contributed by atoms with Crippen LogP contribution in [0.25, 0.3) is 16.9 Å². The zero-order chi connectivity index (χ0) is 24.9. The van der Waals surface area contributed by atoms with E-state index in [1.54, 1.807) is 65.7 Å². The number of hydrogen-bond acceptors (Lipinski definition) is 6. The number of ether oxygens (including phenoxy) is 4. The molecule has 180 valence electrons. The Morgan fingerprint density at radius 3 is 1.91 bits per heavy atom. The maximum atomic E-state index is 13.7. The van der Waals surface area contributed by atoms with Crippen LogP contribution in [0.3, 0.4) is 0 Å². The summed E-state index contributed by atoms with van der Waals surface area (Å²) in [5, 5.41) is 3.26. The van der Waals surface area contributed by atoms with Gasteiger partial charge in [0.15, 0.2) is 0 Å². The second kappa shape index (κ2) is 10.2. The van der Waals surface area contributed by atoms with Gasteiger partial charge in [-0.25, -0.2) is 9.67 Å². The summed E-state index contributed by atoms with van der Waals surface area (Å²) in [6.45, 7) is 1.81. The van der Waals surface area contributed by atoms with Gasteiger partial charge < -0.3 is 18.9 Å². The second-order valence-electron chi connectivity index (χ2n) is 7.66. The average molecular weight is 474 g/mol. The van der Waals surface area contributed by atoms with Gasteiger partial charge in [-0.05, 0) is 67.6 Å². The molecular formula is C27H27N3O5. The van der Waals surface area contributed by atoms with Crippen LogP contribution in [0.4, 0.5) is 5.69 Å². The number of benzene rings is 3. The van der Waals surface area contributed by atoms with E-state index in [-0.39, 0.29) is 5.56 Å². The van der Waals surface area contributed by atoms with E-state index >= 15 is 0 Å². The van der Waals surface area contributed by atoms with Crippen molar-refractivity contribution in [1.29, 1.82) is 0 Å². The van der Waals surface area contributed by atoms with Crippen LogP contribution in [0.1, 0.15) is 12.5 Å². The van der Waals surface area contributed by atoms with Gasteiger partial charge >= 0.3 is 0 Å². The van der Waals surface area contributed by atoms with Crippen LogP contribution in [-0.4, -0.2) is 43.9 Å². The van der Waals surface area contributed by atoms with Crippen LogP contribution in [0.15, 0.2) is 76.5 Å². The molecule has 1 aromatic heterocycles. The Morgan fingerprint density at radius 1 is 0.771 bits per heavy atom. The minimum Gasteiger partial charge on any atom is -0.497 e. The van der Waals surface area contributed by atoms with Gasteiger partial charge in [-0.1, -0.05) is 0 Å². The van der Waals surface area contributed by atoms with Crippen molar-refractivity contribution in [2.45, 2.75) is 6.92 Å². The molecule has 0 amide bonds. The fraction of sp³-hybridized carbons (Fsp3) is 0.185. The van der Waals surface area contributed by atoms with Crippen molar-refractivity contribution in [3.63, 3.8) is 0 Å². The average Bonchev–Trinajstić information content (AvgIpc) is 3.25. The largest absolute Gasteiger partial charge is 0.497 e. The van der Waals surface area contributed by atoms with Crippen molar-refractivity contribution < 1.29 is 18.9 Å². The number of H-pyrrole nitrogens is 1. The van der Waals surface area contributed by atoms with E-state index in [1.807, 2.05) is 36.4 Å². The Kier molecular flexibility index (Phi) is 6.91. The molecule has 8 heteroatoms. The first-order chi connectivity index (χ1) is 17.0. The highest BCUT2D eigenvalue weighted by molar-refractivity contribution is 6.05. The number of aromatic nitrogens is 2. The number of nitrogens with zero attached hydrogens (tertiary/aromatic N) is 2. The van der Waals surface area contributed by atoms with E-state index < -0.39 is 0 Å². The Balaban J connectivity index is 1.89. The Hall–Kier alpha value is -4.46. The maximum absolute atomic E-state index is 13.7. The van der Waals surface area contributed by atoms with Crippen molar-refractivity contribution in [2.24, 2.45) is 4.99 Å². The molecule has 1 N–H and O–H groups in total. The monoisotopic (exact) mass is 473 g/mol. The number of rotatable bonds is 8. The highest BCUT2D eigenvalue weighted by Crippen LogP contribution is 2.33. The van der Waals surface area contributed by atoms with E-state index in [2.05, 4.69) is 5.10 Å². The summed E-state index contributed by atoms with van der Waals surface area (Å²) in [5.74, 6) is 2.62. The number of hydrogen-bond donors (Lipinski definition) is 1. The van der Waals surface area contributed by atoms with E-state index in [0.29, 0.717) is 45.6 Å². The lowest BCUT2D eigenvalue weighted by Gasteiger charge is -2.08. The van der Waals surface area contributed by atoms with Gasteiger partial charge in [0.25, 0.3) is 5.56 Å². The molecule has 0 unspecified atom stereocenters. The van der Waals surface area contributed by atoms with Gasteiger partial charge in [-0.15, -0.1) is 0 Å². The summed E-state index contributed by atoms with van der Waals surface area (Å²) in [6, 6.07) is 20.1. The molecule has 0 saturated carbocycles. The second-order valence-corrected chi connectivity index (χ2v) is 7.66. The van der Waals surface area contributed by atoms with Gasteiger partial charge in [0.2, 0.25) is 0 Å². The predicted octanol–water partition coefficient (Wildman–Crippen LogP) is 5.01. The smallest absolute Gasteiger partial charge is 0.280 e. The van der Waals surface area contributed by atoms with Gasteiger partial charge in [0, 0.05) is 11.6 Å². The molecule has 0 atom stereocenters. The molecule has 0 radical (unpaired) electrons. The quantitative estimate of drug-likeness (QED) is 0.364. The molecule has 0 aliphatic carbocycles. The summed E-state index contributed by atoms with van der Waals surface area (Å²) in [5.41, 5.74) is 3.48. The van der Waals surface area contributed by atoms with Crippen molar-refractivity contribution in [1.82, 2.24) is 9.78 Å². The minimum atomic E-state index is -0.227. The molecule has 0 bridgehead atoms. The van der Waals surface area contributed by atoms with Gasteiger partial charge in [-0.2, -0.15) is 0 Å². The first-order valence-electron chi connectivity index (χ1n) is 10.9. The normalized spacial score (nSPS) is 11.3. The minimum absolute atomic E-state index is 0.227. The van der Waals surface area contributed by atoms with E-state index in [9.17, 15) is 4.79 Å². The number of aromatic amines is 1. The van der Waals surface area contributed by atoms with Gasteiger partial charge in [0.05, 0.1) is 51.1 Å². The highest BCUT2D eigenvalue weighted by Gasteiger charge is 2.20. The Morgan fingerprint density at radius 2 is 1.34 bits per heavy atom. The van der Waals surface area contributed by atoms with E-state index in [0.717, 1.165) is 11.3 Å². The highest BCUT2D eigenvalue weighted by atomic mass is 16.5. The molecule has 3 aromatic carbocycles. The van der Waals surface area contributed by atoms with Crippen LogP contribution in [-0.2, 0) is 0 Å². The van der Waals surface area contributed by atoms with Crippen LogP contribution in [0.5, 0.6) is 23.0 Å². The third-order valence-electron chi connectivity index (χ3n) is 5.64. The molecule has 1 heterocycles. The van der Waals surface area contributed by atoms with Crippen LogP contribution < -0.4 is 24.5 Å². The first kappa shape index (κ1) is 23.7. The molecule has 0 saturated heterocycles. The molecule has 4 aromatic rings. The molecule has 35 heavy (non-hydrogen) atoms. The number of aliphatic imine (C=N–C) groups is 1. The summed E-state index contributed by atoms with van der Waals surface area (Å²) < 4.78 is 22.8. The summed E-state index contributed by atoms with van der Waals surface area (Å²) in [4.78, 5) is 18.4. The van der Waals surface area contributed by atoms with Gasteiger partial charge in [0.1, 0.15) is 28.7 Å². The lowest BCUT2D eigenvalue weighted by atomic mass is 10.0. The fourth-order valence-electron chi connectivity index (χ4n) is 3.77. The molecule has 0 aliphatic rings. The SMILES string of the molecule is COc1ccc(-c2[nH]n(-c3ccc(OC)cc3)c(=O)c2C(C)=Nc2ccc(OC)cc2OC)cc1. The number of nitrogens with one attached hydrogen (secondary N) is 1. The molecule has 0 aliphatic heterocycles. The van der Waals surface area contributed by atoms with Crippen LogP contribution >= 0.6 is 0 Å². The van der Waals surface area contributed by atoms with Crippen molar-refractivity contribution in [3.05, 3.63) is 82.6 Å². The standard InChI is InChI=1S/C27H27N3O5/c1-17(28-23-15-14-22(34-4)16-24(23)35-5)25-26(18-6-10-20(32-2)11-7-18)29-30(27(25)31)19-8-12-21(33-3)13-9-19/h6-16,29H,1-5H3. The molecule has 8 nitrogen and oxygen atoms in total. The summed E-state index contributed by atoms with van der Waals surface area (Å²) in [7, 11) is 6.37. The third kappa shape index (κ3) is 4.77. The van der Waals surface area contributed by atoms with Crippen molar-refractivity contribution >= 4 is 11.4 Å².